The first kappa shape index (κ1) is 28.8. The number of likely N-dealkylation sites (N-methyl/N-ethyl adjacent to an activating group) is 1. The number of piperazine rings is 1. The third-order valence-electron chi connectivity index (χ3n) is 9.26. The number of carbonyl (C=O) groups is 2. The molecule has 230 valence electrons. The lowest BCUT2D eigenvalue weighted by Gasteiger charge is -2.34. The number of ether oxygens (including phenoxy) is 2. The Kier molecular flexibility index (Phi) is 7.32. The molecule has 4 heterocycles. The molecule has 3 unspecified atom stereocenters. The fourth-order valence-electron chi connectivity index (χ4n) is 6.73. The summed E-state index contributed by atoms with van der Waals surface area (Å²) in [7, 11) is 0. The Bertz CT molecular complexity index is 1620. The van der Waals surface area contributed by atoms with Crippen LogP contribution in [-0.4, -0.2) is 65.3 Å². The number of hydrogen-bond donors (Lipinski definition) is 1. The van der Waals surface area contributed by atoms with Crippen LogP contribution < -0.4 is 14.8 Å². The molecular weight excluding hydrogens is 573 g/mol. The lowest BCUT2D eigenvalue weighted by molar-refractivity contribution is -0.138. The van der Waals surface area contributed by atoms with Gasteiger partial charge in [0, 0.05) is 80.3 Å². The summed E-state index contributed by atoms with van der Waals surface area (Å²) in [5.41, 5.74) is 1.30. The molecule has 0 spiro atoms. The number of ketones is 1. The molecule has 11 heteroatoms. The second kappa shape index (κ2) is 11.2. The lowest BCUT2D eigenvalue weighted by atomic mass is 9.97. The van der Waals surface area contributed by atoms with E-state index in [1.807, 2.05) is 23.1 Å². The first-order valence-electron chi connectivity index (χ1n) is 15.1. The molecule has 1 saturated carbocycles. The van der Waals surface area contributed by atoms with Crippen molar-refractivity contribution in [1.29, 1.82) is 0 Å². The third kappa shape index (κ3) is 5.54. The number of nitrogens with one attached hydrogen (secondary N) is 1. The van der Waals surface area contributed by atoms with Crippen LogP contribution >= 0.6 is 0 Å². The first-order chi connectivity index (χ1) is 21.2. The zero-order chi connectivity index (χ0) is 30.6. The van der Waals surface area contributed by atoms with Crippen molar-refractivity contribution in [2.24, 2.45) is 5.92 Å². The molecule has 3 atom stereocenters. The molecular formula is C33H33F3N4O4. The van der Waals surface area contributed by atoms with Crippen LogP contribution in [0.1, 0.15) is 58.3 Å². The van der Waals surface area contributed by atoms with E-state index in [0.29, 0.717) is 43.2 Å². The van der Waals surface area contributed by atoms with Gasteiger partial charge in [-0.3, -0.25) is 14.5 Å². The topological polar surface area (TPSA) is 84.0 Å². The third-order valence-corrected chi connectivity index (χ3v) is 9.26. The van der Waals surface area contributed by atoms with Crippen LogP contribution in [0, 0.1) is 5.92 Å². The number of carbonyl (C=O) groups excluding carboxylic acids is 2. The number of amides is 1. The summed E-state index contributed by atoms with van der Waals surface area (Å²) in [6.07, 6.45) is -2.16. The zero-order valence-electron chi connectivity index (χ0n) is 24.3. The lowest BCUT2D eigenvalue weighted by Crippen LogP contribution is -2.45. The van der Waals surface area contributed by atoms with E-state index >= 15 is 0 Å². The number of alkyl halides is 3. The number of aromatic nitrogens is 1. The minimum atomic E-state index is -4.55. The molecule has 1 amide bonds. The Balaban J connectivity index is 1.03. The van der Waals surface area contributed by atoms with Crippen LogP contribution in [0.3, 0.4) is 0 Å². The highest BCUT2D eigenvalue weighted by Gasteiger charge is 2.59. The highest BCUT2D eigenvalue weighted by molar-refractivity contribution is 5.97. The number of anilines is 1. The zero-order valence-corrected chi connectivity index (χ0v) is 24.3. The molecule has 4 aliphatic rings. The molecule has 7 rings (SSSR count). The van der Waals surface area contributed by atoms with Crippen molar-refractivity contribution in [2.75, 3.05) is 38.0 Å². The molecule has 1 saturated heterocycles. The van der Waals surface area contributed by atoms with Crippen molar-refractivity contribution in [1.82, 2.24) is 14.8 Å². The van der Waals surface area contributed by atoms with Crippen LogP contribution in [0.4, 0.5) is 19.0 Å². The quantitative estimate of drug-likeness (QED) is 0.331. The second-order valence-corrected chi connectivity index (χ2v) is 12.0. The van der Waals surface area contributed by atoms with Gasteiger partial charge in [-0.1, -0.05) is 19.1 Å². The van der Waals surface area contributed by atoms with Crippen molar-refractivity contribution < 1.29 is 32.2 Å². The molecule has 1 aromatic heterocycles. The fraction of sp³-hybridized carbons (Fsp3) is 0.424. The Hall–Kier alpha value is -3.96. The summed E-state index contributed by atoms with van der Waals surface area (Å²) in [5.74, 6) is 1.90. The summed E-state index contributed by atoms with van der Waals surface area (Å²) in [6.45, 7) is 6.32. The average Bonchev–Trinajstić information content (AvgIpc) is 3.53. The molecule has 2 aromatic carbocycles. The van der Waals surface area contributed by atoms with Crippen LogP contribution in [0.2, 0.25) is 0 Å². The van der Waals surface area contributed by atoms with Gasteiger partial charge in [0.25, 0.3) is 0 Å². The number of rotatable bonds is 8. The number of hydrogen-bond acceptors (Lipinski definition) is 7. The summed E-state index contributed by atoms with van der Waals surface area (Å²) >= 11 is 0. The van der Waals surface area contributed by atoms with Crippen LogP contribution in [-0.2, 0) is 23.9 Å². The van der Waals surface area contributed by atoms with Gasteiger partial charge in [0.2, 0.25) is 5.91 Å². The molecule has 3 aliphatic heterocycles. The molecule has 1 N–H and O–H groups in total. The van der Waals surface area contributed by atoms with Crippen molar-refractivity contribution in [3.63, 3.8) is 0 Å². The largest absolute Gasteiger partial charge is 0.489 e. The molecule has 0 bridgehead atoms. The SMILES string of the molecule is CCN1CCN(Cc2ccc(C(=O)CC3C4Oc5ccc(Oc6ccnc7c6CCC(=O)N7)cc5C34)cc2C(F)(F)F)CC1. The smallest absolute Gasteiger partial charge is 0.416 e. The van der Waals surface area contributed by atoms with E-state index in [4.69, 9.17) is 9.47 Å². The predicted molar refractivity (Wildman–Crippen MR) is 156 cm³/mol. The molecule has 8 nitrogen and oxygen atoms in total. The standard InChI is InChI=1S/C33H33F3N4O4/c1-2-39-11-13-40(14-12-39)18-20-4-3-19(15-25(20)33(34,35)36)26(41)17-24-30-23-16-21(5-7-27(23)44-31(24)30)43-28-9-10-37-32-22(28)6-8-29(42)38-32/h3-5,7,9-10,15-16,24,30-31H,2,6,8,11-14,17-18H2,1H3,(H,37,38,42). The minimum Gasteiger partial charge on any atom is -0.489 e. The number of nitrogens with zero attached hydrogens (tertiary/aromatic N) is 3. The van der Waals surface area contributed by atoms with Gasteiger partial charge in [-0.2, -0.15) is 13.2 Å². The second-order valence-electron chi connectivity index (χ2n) is 12.0. The Morgan fingerprint density at radius 2 is 1.86 bits per heavy atom. The maximum absolute atomic E-state index is 14.1. The summed E-state index contributed by atoms with van der Waals surface area (Å²) in [5, 5.41) is 2.77. The fourth-order valence-corrected chi connectivity index (χ4v) is 6.73. The van der Waals surface area contributed by atoms with Gasteiger partial charge in [-0.25, -0.2) is 4.98 Å². The Labute approximate surface area is 253 Å². The van der Waals surface area contributed by atoms with Gasteiger partial charge in [-0.05, 0) is 48.9 Å². The van der Waals surface area contributed by atoms with Gasteiger partial charge in [-0.15, -0.1) is 0 Å². The predicted octanol–water partition coefficient (Wildman–Crippen LogP) is 5.66. The van der Waals surface area contributed by atoms with E-state index in [9.17, 15) is 22.8 Å². The van der Waals surface area contributed by atoms with E-state index < -0.39 is 11.7 Å². The van der Waals surface area contributed by atoms with Gasteiger partial charge < -0.3 is 19.7 Å². The van der Waals surface area contributed by atoms with Crippen molar-refractivity contribution >= 4 is 17.5 Å². The monoisotopic (exact) mass is 606 g/mol. The summed E-state index contributed by atoms with van der Waals surface area (Å²) in [4.78, 5) is 33.6. The van der Waals surface area contributed by atoms with Crippen LogP contribution in [0.25, 0.3) is 0 Å². The van der Waals surface area contributed by atoms with E-state index in [1.54, 1.807) is 12.3 Å². The molecule has 44 heavy (non-hydrogen) atoms. The number of Topliss-reactive ketones (excluding diaryl/α,β-unsaturated/α-hetero) is 1. The molecule has 3 aromatic rings. The number of halogens is 3. The van der Waals surface area contributed by atoms with E-state index in [-0.39, 0.29) is 53.7 Å². The van der Waals surface area contributed by atoms with Gasteiger partial charge in [0.1, 0.15) is 29.2 Å². The van der Waals surface area contributed by atoms with Crippen molar-refractivity contribution in [3.05, 3.63) is 76.5 Å². The van der Waals surface area contributed by atoms with Gasteiger partial charge in [0.15, 0.2) is 5.78 Å². The normalized spacial score (nSPS) is 22.8. The van der Waals surface area contributed by atoms with E-state index in [0.717, 1.165) is 42.6 Å². The Morgan fingerprint density at radius 1 is 1.07 bits per heavy atom. The molecule has 0 radical (unpaired) electrons. The van der Waals surface area contributed by atoms with E-state index in [1.165, 1.54) is 12.1 Å². The average molecular weight is 607 g/mol. The van der Waals surface area contributed by atoms with Crippen LogP contribution in [0.15, 0.2) is 48.7 Å². The minimum absolute atomic E-state index is 0.0220. The van der Waals surface area contributed by atoms with Gasteiger partial charge >= 0.3 is 6.18 Å². The number of benzene rings is 2. The maximum atomic E-state index is 14.1. The summed E-state index contributed by atoms with van der Waals surface area (Å²) < 4.78 is 54.6. The first-order valence-corrected chi connectivity index (χ1v) is 15.1. The molecule has 2 fully saturated rings. The van der Waals surface area contributed by atoms with Crippen LogP contribution in [0.5, 0.6) is 17.2 Å². The van der Waals surface area contributed by atoms with E-state index in [2.05, 4.69) is 22.1 Å². The number of pyridine rings is 1. The maximum Gasteiger partial charge on any atom is 0.416 e. The highest BCUT2D eigenvalue weighted by Crippen LogP contribution is 2.60. The summed E-state index contributed by atoms with van der Waals surface area (Å²) in [6, 6.07) is 11.3. The van der Waals surface area contributed by atoms with Crippen molar-refractivity contribution in [2.45, 2.75) is 50.9 Å². The number of fused-ring (bicyclic) bond motifs is 4. The Morgan fingerprint density at radius 3 is 2.64 bits per heavy atom. The molecule has 1 aliphatic carbocycles. The van der Waals surface area contributed by atoms with Gasteiger partial charge in [0.05, 0.1) is 5.56 Å². The highest BCUT2D eigenvalue weighted by atomic mass is 19.4. The van der Waals surface area contributed by atoms with Crippen molar-refractivity contribution in [3.8, 4) is 17.2 Å².